The molecule has 1 saturated heterocycles. The number of piperidine rings is 1. The lowest BCUT2D eigenvalue weighted by Crippen LogP contribution is -2.46. The van der Waals surface area contributed by atoms with Gasteiger partial charge in [0.05, 0.1) is 5.75 Å². The first kappa shape index (κ1) is 18.7. The van der Waals surface area contributed by atoms with Gasteiger partial charge in [0.1, 0.15) is 0 Å². The predicted molar refractivity (Wildman–Crippen MR) is 94.0 cm³/mol. The molecule has 0 spiro atoms. The van der Waals surface area contributed by atoms with E-state index in [2.05, 4.69) is 27.3 Å². The van der Waals surface area contributed by atoms with Crippen molar-refractivity contribution in [3.05, 3.63) is 35.4 Å². The Morgan fingerprint density at radius 2 is 1.92 bits per heavy atom. The Kier molecular flexibility index (Phi) is 6.59. The highest BCUT2D eigenvalue weighted by Gasteiger charge is 2.18. The monoisotopic (exact) mass is 354 g/mol. The Labute approximate surface area is 143 Å². The van der Waals surface area contributed by atoms with Crippen LogP contribution < -0.4 is 15.4 Å². The average molecular weight is 354 g/mol. The molecule has 1 aliphatic heterocycles. The standard InChI is InChI=1S/C16H26N4O3S/c1-17-24(22,23)12-14-5-3-4-13(10-14)11-18-16(21)19-15-6-8-20(2)9-7-15/h3-5,10,15,17H,6-9,11-12H2,1-2H3,(H2,18,19,21). The van der Waals surface area contributed by atoms with Gasteiger partial charge in [-0.25, -0.2) is 17.9 Å². The van der Waals surface area contributed by atoms with Gasteiger partial charge in [-0.1, -0.05) is 24.3 Å². The van der Waals surface area contributed by atoms with Crippen molar-refractivity contribution >= 4 is 16.1 Å². The highest BCUT2D eigenvalue weighted by Crippen LogP contribution is 2.09. The molecule has 0 radical (unpaired) electrons. The van der Waals surface area contributed by atoms with Crippen molar-refractivity contribution in [3.63, 3.8) is 0 Å². The molecule has 2 amide bonds. The molecule has 0 atom stereocenters. The van der Waals surface area contributed by atoms with Gasteiger partial charge in [-0.15, -0.1) is 0 Å². The lowest BCUT2D eigenvalue weighted by atomic mass is 10.1. The maximum absolute atomic E-state index is 12.0. The molecule has 8 heteroatoms. The molecule has 7 nitrogen and oxygen atoms in total. The van der Waals surface area contributed by atoms with Gasteiger partial charge in [-0.05, 0) is 51.2 Å². The minimum Gasteiger partial charge on any atom is -0.335 e. The van der Waals surface area contributed by atoms with E-state index in [1.807, 2.05) is 6.07 Å². The number of nitrogens with zero attached hydrogens (tertiary/aromatic N) is 1. The third-order valence-electron chi connectivity index (χ3n) is 4.17. The van der Waals surface area contributed by atoms with E-state index in [1.54, 1.807) is 18.2 Å². The SMILES string of the molecule is CNS(=O)(=O)Cc1cccc(CNC(=O)NC2CCN(C)CC2)c1. The van der Waals surface area contributed by atoms with Crippen molar-refractivity contribution in [2.75, 3.05) is 27.2 Å². The van der Waals surface area contributed by atoms with Crippen LogP contribution in [0.3, 0.4) is 0 Å². The van der Waals surface area contributed by atoms with Crippen LogP contribution in [-0.2, 0) is 22.3 Å². The Balaban J connectivity index is 1.82. The second-order valence-electron chi connectivity index (χ2n) is 6.19. The number of rotatable bonds is 6. The van der Waals surface area contributed by atoms with Gasteiger partial charge in [0, 0.05) is 12.6 Å². The summed E-state index contributed by atoms with van der Waals surface area (Å²) in [6.07, 6.45) is 1.92. The second kappa shape index (κ2) is 8.46. The Morgan fingerprint density at radius 3 is 2.58 bits per heavy atom. The predicted octanol–water partition coefficient (Wildman–Crippen LogP) is 0.629. The topological polar surface area (TPSA) is 90.5 Å². The molecular weight excluding hydrogens is 328 g/mol. The smallest absolute Gasteiger partial charge is 0.315 e. The number of carbonyl (C=O) groups excluding carboxylic acids is 1. The zero-order valence-corrected chi connectivity index (χ0v) is 15.0. The van der Waals surface area contributed by atoms with Crippen molar-refractivity contribution < 1.29 is 13.2 Å². The summed E-state index contributed by atoms with van der Waals surface area (Å²) < 4.78 is 25.5. The number of hydrogen-bond acceptors (Lipinski definition) is 4. The van der Waals surface area contributed by atoms with Crippen LogP contribution in [0.25, 0.3) is 0 Å². The number of likely N-dealkylation sites (tertiary alicyclic amines) is 1. The van der Waals surface area contributed by atoms with Gasteiger partial charge in [0.25, 0.3) is 0 Å². The molecular formula is C16H26N4O3S. The Bertz CT molecular complexity index is 655. The quantitative estimate of drug-likeness (QED) is 0.699. The van der Waals surface area contributed by atoms with E-state index in [9.17, 15) is 13.2 Å². The summed E-state index contributed by atoms with van der Waals surface area (Å²) in [5.41, 5.74) is 1.57. The van der Waals surface area contributed by atoms with Crippen LogP contribution in [0.4, 0.5) is 4.79 Å². The fraction of sp³-hybridized carbons (Fsp3) is 0.562. The zero-order valence-electron chi connectivity index (χ0n) is 14.2. The van der Waals surface area contributed by atoms with Gasteiger partial charge in [-0.3, -0.25) is 0 Å². The Hall–Kier alpha value is -1.64. The third-order valence-corrected chi connectivity index (χ3v) is 5.50. The van der Waals surface area contributed by atoms with Crippen molar-refractivity contribution in [2.24, 2.45) is 0 Å². The minimum atomic E-state index is -3.30. The van der Waals surface area contributed by atoms with Gasteiger partial charge >= 0.3 is 6.03 Å². The fourth-order valence-electron chi connectivity index (χ4n) is 2.69. The fourth-order valence-corrected chi connectivity index (χ4v) is 3.46. The van der Waals surface area contributed by atoms with Crippen molar-refractivity contribution in [1.29, 1.82) is 0 Å². The molecule has 0 unspecified atom stereocenters. The molecule has 1 aliphatic rings. The third kappa shape index (κ3) is 6.10. The first-order chi connectivity index (χ1) is 11.4. The maximum Gasteiger partial charge on any atom is 0.315 e. The van der Waals surface area contributed by atoms with Crippen LogP contribution in [0.2, 0.25) is 0 Å². The highest BCUT2D eigenvalue weighted by molar-refractivity contribution is 7.88. The van der Waals surface area contributed by atoms with Crippen LogP contribution in [-0.4, -0.2) is 52.6 Å². The molecule has 134 valence electrons. The summed E-state index contributed by atoms with van der Waals surface area (Å²) in [6.45, 7) is 2.35. The normalized spacial score (nSPS) is 16.8. The first-order valence-corrected chi connectivity index (χ1v) is 9.75. The van der Waals surface area contributed by atoms with E-state index in [4.69, 9.17) is 0 Å². The maximum atomic E-state index is 12.0. The van der Waals surface area contributed by atoms with Crippen LogP contribution in [0, 0.1) is 0 Å². The molecule has 24 heavy (non-hydrogen) atoms. The van der Waals surface area contributed by atoms with Crippen LogP contribution in [0.5, 0.6) is 0 Å². The van der Waals surface area contributed by atoms with Crippen LogP contribution >= 0.6 is 0 Å². The lowest BCUT2D eigenvalue weighted by molar-refractivity contribution is 0.213. The molecule has 3 N–H and O–H groups in total. The summed E-state index contributed by atoms with van der Waals surface area (Å²) in [5.74, 6) is -0.0703. The number of hydrogen-bond donors (Lipinski definition) is 3. The molecule has 0 bridgehead atoms. The number of nitrogens with one attached hydrogen (secondary N) is 3. The molecule has 0 aliphatic carbocycles. The van der Waals surface area contributed by atoms with Crippen molar-refractivity contribution in [3.8, 4) is 0 Å². The minimum absolute atomic E-state index is 0.0703. The summed E-state index contributed by atoms with van der Waals surface area (Å²) in [5, 5.41) is 5.82. The average Bonchev–Trinajstić information content (AvgIpc) is 2.55. The van der Waals surface area contributed by atoms with E-state index < -0.39 is 10.0 Å². The molecule has 0 saturated carbocycles. The van der Waals surface area contributed by atoms with E-state index in [1.165, 1.54) is 7.05 Å². The number of urea groups is 1. The molecule has 1 aromatic rings. The van der Waals surface area contributed by atoms with Gasteiger partial charge < -0.3 is 15.5 Å². The van der Waals surface area contributed by atoms with Crippen molar-refractivity contribution in [1.82, 2.24) is 20.3 Å². The molecule has 1 fully saturated rings. The zero-order chi connectivity index (χ0) is 17.6. The van der Waals surface area contributed by atoms with Gasteiger partial charge in [0.15, 0.2) is 0 Å². The largest absolute Gasteiger partial charge is 0.335 e. The van der Waals surface area contributed by atoms with Crippen LogP contribution in [0.15, 0.2) is 24.3 Å². The summed E-state index contributed by atoms with van der Waals surface area (Å²) in [6, 6.07) is 7.26. The van der Waals surface area contributed by atoms with E-state index in [0.717, 1.165) is 31.5 Å². The van der Waals surface area contributed by atoms with E-state index in [0.29, 0.717) is 12.1 Å². The number of sulfonamides is 1. The second-order valence-corrected chi connectivity index (χ2v) is 8.11. The van der Waals surface area contributed by atoms with Crippen LogP contribution in [0.1, 0.15) is 24.0 Å². The first-order valence-electron chi connectivity index (χ1n) is 8.10. The summed E-state index contributed by atoms with van der Waals surface area (Å²) in [4.78, 5) is 14.2. The number of amides is 2. The number of carbonyl (C=O) groups is 1. The molecule has 2 rings (SSSR count). The summed E-state index contributed by atoms with van der Waals surface area (Å²) >= 11 is 0. The number of benzene rings is 1. The summed E-state index contributed by atoms with van der Waals surface area (Å²) in [7, 11) is 0.180. The Morgan fingerprint density at radius 1 is 1.25 bits per heavy atom. The van der Waals surface area contributed by atoms with Crippen molar-refractivity contribution in [2.45, 2.75) is 31.2 Å². The molecule has 0 aromatic heterocycles. The molecule has 1 aromatic carbocycles. The van der Waals surface area contributed by atoms with Gasteiger partial charge in [-0.2, -0.15) is 0 Å². The van der Waals surface area contributed by atoms with E-state index >= 15 is 0 Å². The molecule has 1 heterocycles. The highest BCUT2D eigenvalue weighted by atomic mass is 32.2. The van der Waals surface area contributed by atoms with Gasteiger partial charge in [0.2, 0.25) is 10.0 Å². The lowest BCUT2D eigenvalue weighted by Gasteiger charge is -2.29. The van der Waals surface area contributed by atoms with E-state index in [-0.39, 0.29) is 17.8 Å².